The zero-order valence-electron chi connectivity index (χ0n) is 15.2. The standard InChI is InChI=1S/C17H26N2O5S2/c1-12(2)14-4-6-15(7-5-14)26(23,24)17-11-25(21,22)10-16(17)19-9-8-18-13(3)20/h4-7,12,16-17,19H,8-11H2,1-3H3,(H,18,20)/t16-,17-/m0/s1. The fourth-order valence-corrected chi connectivity index (χ4v) is 7.74. The van der Waals surface area contributed by atoms with Gasteiger partial charge in [-0.2, -0.15) is 0 Å². The average molecular weight is 403 g/mol. The molecule has 7 nitrogen and oxygen atoms in total. The van der Waals surface area contributed by atoms with E-state index in [-0.39, 0.29) is 28.2 Å². The van der Waals surface area contributed by atoms with Crippen molar-refractivity contribution in [2.45, 2.75) is 42.9 Å². The van der Waals surface area contributed by atoms with E-state index in [1.165, 1.54) is 6.92 Å². The number of sulfone groups is 2. The Labute approximate surface area is 155 Å². The van der Waals surface area contributed by atoms with Gasteiger partial charge in [-0.05, 0) is 23.6 Å². The maximum atomic E-state index is 13.0. The van der Waals surface area contributed by atoms with E-state index in [4.69, 9.17) is 0 Å². The fraction of sp³-hybridized carbons (Fsp3) is 0.588. The number of amides is 1. The third-order valence-corrected chi connectivity index (χ3v) is 8.65. The molecule has 0 unspecified atom stereocenters. The Bertz CT molecular complexity index is 846. The molecule has 0 aliphatic carbocycles. The summed E-state index contributed by atoms with van der Waals surface area (Å²) in [6.45, 7) is 6.03. The average Bonchev–Trinajstić information content (AvgIpc) is 2.87. The lowest BCUT2D eigenvalue weighted by Gasteiger charge is -2.20. The first-order valence-electron chi connectivity index (χ1n) is 8.55. The molecule has 1 saturated heterocycles. The summed E-state index contributed by atoms with van der Waals surface area (Å²) in [4.78, 5) is 11.0. The van der Waals surface area contributed by atoms with Crippen molar-refractivity contribution in [3.8, 4) is 0 Å². The second-order valence-electron chi connectivity index (χ2n) is 6.93. The van der Waals surface area contributed by atoms with Crippen LogP contribution in [0.15, 0.2) is 29.2 Å². The van der Waals surface area contributed by atoms with Crippen LogP contribution in [0, 0.1) is 0 Å². The lowest BCUT2D eigenvalue weighted by molar-refractivity contribution is -0.118. The minimum absolute atomic E-state index is 0.137. The molecule has 146 valence electrons. The third-order valence-electron chi connectivity index (χ3n) is 4.48. The zero-order valence-corrected chi connectivity index (χ0v) is 16.9. The van der Waals surface area contributed by atoms with Crippen LogP contribution in [0.2, 0.25) is 0 Å². The molecule has 0 spiro atoms. The summed E-state index contributed by atoms with van der Waals surface area (Å²) in [5.41, 5.74) is 1.02. The van der Waals surface area contributed by atoms with Gasteiger partial charge in [0.2, 0.25) is 5.91 Å². The van der Waals surface area contributed by atoms with Crippen molar-refractivity contribution in [3.63, 3.8) is 0 Å². The maximum absolute atomic E-state index is 13.0. The molecule has 0 bridgehead atoms. The normalized spacial score (nSPS) is 22.5. The van der Waals surface area contributed by atoms with E-state index < -0.39 is 31.0 Å². The Kier molecular flexibility index (Phi) is 6.46. The largest absolute Gasteiger partial charge is 0.355 e. The van der Waals surface area contributed by atoms with Gasteiger partial charge in [-0.15, -0.1) is 0 Å². The summed E-state index contributed by atoms with van der Waals surface area (Å²) in [7, 11) is -7.22. The van der Waals surface area contributed by atoms with Crippen LogP contribution in [-0.2, 0) is 24.5 Å². The molecule has 9 heteroatoms. The Morgan fingerprint density at radius 3 is 2.31 bits per heavy atom. The van der Waals surface area contributed by atoms with Crippen molar-refractivity contribution in [1.29, 1.82) is 0 Å². The van der Waals surface area contributed by atoms with Gasteiger partial charge >= 0.3 is 0 Å². The van der Waals surface area contributed by atoms with E-state index in [9.17, 15) is 21.6 Å². The molecule has 2 rings (SSSR count). The van der Waals surface area contributed by atoms with Crippen LogP contribution in [0.3, 0.4) is 0 Å². The van der Waals surface area contributed by atoms with Crippen molar-refractivity contribution >= 4 is 25.6 Å². The highest BCUT2D eigenvalue weighted by Crippen LogP contribution is 2.27. The van der Waals surface area contributed by atoms with Crippen LogP contribution in [-0.4, -0.2) is 58.6 Å². The van der Waals surface area contributed by atoms with Crippen molar-refractivity contribution in [2.24, 2.45) is 0 Å². The predicted molar refractivity (Wildman–Crippen MR) is 101 cm³/mol. The Balaban J connectivity index is 2.19. The highest BCUT2D eigenvalue weighted by atomic mass is 32.2. The van der Waals surface area contributed by atoms with E-state index in [1.807, 2.05) is 13.8 Å². The van der Waals surface area contributed by atoms with E-state index in [1.54, 1.807) is 24.3 Å². The first kappa shape index (κ1) is 20.9. The molecule has 0 saturated carbocycles. The molecule has 1 heterocycles. The van der Waals surface area contributed by atoms with Crippen molar-refractivity contribution in [2.75, 3.05) is 24.6 Å². The molecule has 1 aliphatic rings. The third kappa shape index (κ3) is 5.05. The Morgan fingerprint density at radius 2 is 1.77 bits per heavy atom. The smallest absolute Gasteiger partial charge is 0.216 e. The number of hydrogen-bond donors (Lipinski definition) is 2. The summed E-state index contributed by atoms with van der Waals surface area (Å²) in [6.07, 6.45) is 0. The monoisotopic (exact) mass is 402 g/mol. The van der Waals surface area contributed by atoms with Gasteiger partial charge in [0.05, 0.1) is 21.7 Å². The van der Waals surface area contributed by atoms with Gasteiger partial charge in [0, 0.05) is 26.1 Å². The van der Waals surface area contributed by atoms with Gasteiger partial charge in [-0.1, -0.05) is 26.0 Å². The Hall–Kier alpha value is -1.45. The molecular weight excluding hydrogens is 376 g/mol. The van der Waals surface area contributed by atoms with Gasteiger partial charge < -0.3 is 10.6 Å². The van der Waals surface area contributed by atoms with E-state index >= 15 is 0 Å². The van der Waals surface area contributed by atoms with Crippen LogP contribution in [0.25, 0.3) is 0 Å². The SMILES string of the molecule is CC(=O)NCCN[C@H]1CS(=O)(=O)C[C@@H]1S(=O)(=O)c1ccc(C(C)C)cc1. The molecule has 2 N–H and O–H groups in total. The first-order chi connectivity index (χ1) is 12.0. The Morgan fingerprint density at radius 1 is 1.15 bits per heavy atom. The summed E-state index contributed by atoms with van der Waals surface area (Å²) in [5, 5.41) is 4.53. The highest BCUT2D eigenvalue weighted by molar-refractivity contribution is 7.96. The quantitative estimate of drug-likeness (QED) is 0.642. The van der Waals surface area contributed by atoms with Gasteiger partial charge in [0.25, 0.3) is 0 Å². The predicted octanol–water partition coefficient (Wildman–Crippen LogP) is 0.475. The first-order valence-corrected chi connectivity index (χ1v) is 11.9. The van der Waals surface area contributed by atoms with Crippen LogP contribution < -0.4 is 10.6 Å². The number of nitrogens with one attached hydrogen (secondary N) is 2. The van der Waals surface area contributed by atoms with Crippen molar-refractivity contribution in [3.05, 3.63) is 29.8 Å². The second kappa shape index (κ2) is 8.06. The van der Waals surface area contributed by atoms with Crippen molar-refractivity contribution < 1.29 is 21.6 Å². The highest BCUT2D eigenvalue weighted by Gasteiger charge is 2.45. The topological polar surface area (TPSA) is 109 Å². The number of benzene rings is 1. The van der Waals surface area contributed by atoms with Crippen LogP contribution >= 0.6 is 0 Å². The van der Waals surface area contributed by atoms with Crippen LogP contribution in [0.4, 0.5) is 0 Å². The van der Waals surface area contributed by atoms with Gasteiger partial charge in [-0.3, -0.25) is 4.79 Å². The number of rotatable bonds is 7. The molecule has 1 fully saturated rings. The fourth-order valence-electron chi connectivity index (χ4n) is 3.02. The lowest BCUT2D eigenvalue weighted by atomic mass is 10.0. The summed E-state index contributed by atoms with van der Waals surface area (Å²) >= 11 is 0. The minimum Gasteiger partial charge on any atom is -0.355 e. The molecule has 1 aromatic rings. The van der Waals surface area contributed by atoms with Gasteiger partial charge in [0.15, 0.2) is 19.7 Å². The van der Waals surface area contributed by atoms with Gasteiger partial charge in [0.1, 0.15) is 0 Å². The molecule has 1 aliphatic heterocycles. The number of hydrogen-bond acceptors (Lipinski definition) is 6. The van der Waals surface area contributed by atoms with Crippen LogP contribution in [0.1, 0.15) is 32.3 Å². The van der Waals surface area contributed by atoms with E-state index in [2.05, 4.69) is 10.6 Å². The summed E-state index contributed by atoms with van der Waals surface area (Å²) in [6, 6.07) is 5.93. The second-order valence-corrected chi connectivity index (χ2v) is 11.2. The maximum Gasteiger partial charge on any atom is 0.216 e. The van der Waals surface area contributed by atoms with Crippen LogP contribution in [0.5, 0.6) is 0 Å². The molecule has 0 radical (unpaired) electrons. The summed E-state index contributed by atoms with van der Waals surface area (Å²) in [5.74, 6) is -0.526. The molecule has 0 aromatic heterocycles. The summed E-state index contributed by atoms with van der Waals surface area (Å²) < 4.78 is 50.0. The lowest BCUT2D eigenvalue weighted by Crippen LogP contribution is -2.45. The van der Waals surface area contributed by atoms with E-state index in [0.717, 1.165) is 5.56 Å². The van der Waals surface area contributed by atoms with Gasteiger partial charge in [-0.25, -0.2) is 16.8 Å². The number of carbonyl (C=O) groups is 1. The van der Waals surface area contributed by atoms with E-state index in [0.29, 0.717) is 13.1 Å². The molecule has 2 atom stereocenters. The molecular formula is C17H26N2O5S2. The zero-order chi connectivity index (χ0) is 19.5. The number of carbonyl (C=O) groups excluding carboxylic acids is 1. The van der Waals surface area contributed by atoms with Crippen molar-refractivity contribution in [1.82, 2.24) is 10.6 Å². The molecule has 26 heavy (non-hydrogen) atoms. The molecule has 1 aromatic carbocycles. The minimum atomic E-state index is -3.78. The molecule has 1 amide bonds.